The number of esters is 1. The molecule has 0 aliphatic rings. The van der Waals surface area contributed by atoms with Crippen LogP contribution in [0, 0.1) is 0 Å². The van der Waals surface area contributed by atoms with E-state index < -0.39 is 5.97 Å². The van der Waals surface area contributed by atoms with Gasteiger partial charge in [0.2, 0.25) is 5.91 Å². The van der Waals surface area contributed by atoms with Crippen LogP contribution in [-0.2, 0) is 19.1 Å². The van der Waals surface area contributed by atoms with Gasteiger partial charge in [0, 0.05) is 12.8 Å². The van der Waals surface area contributed by atoms with Gasteiger partial charge in [-0.2, -0.15) is 0 Å². The summed E-state index contributed by atoms with van der Waals surface area (Å²) in [5, 5.41) is 11.0. The highest BCUT2D eigenvalue weighted by Gasteiger charge is 2.14. The number of hydrogen-bond acceptors (Lipinski definition) is 4. The number of carbonyl (C=O) groups is 3. The van der Waals surface area contributed by atoms with Gasteiger partial charge < -0.3 is 15.2 Å². The zero-order chi connectivity index (χ0) is 32.4. The maximum atomic E-state index is 12.6. The highest BCUT2D eigenvalue weighted by Crippen LogP contribution is 2.18. The van der Waals surface area contributed by atoms with E-state index in [1.54, 1.807) is 0 Å². The van der Waals surface area contributed by atoms with E-state index in [4.69, 9.17) is 9.84 Å². The Bertz CT molecular complexity index is 733. The second-order valence-electron chi connectivity index (χ2n) is 12.5. The number of aliphatic carboxylic acids is 1. The van der Waals surface area contributed by atoms with E-state index >= 15 is 0 Å². The maximum absolute atomic E-state index is 12.6. The first kappa shape index (κ1) is 41.9. The Morgan fingerprint density at radius 1 is 0.591 bits per heavy atom. The van der Waals surface area contributed by atoms with Gasteiger partial charge in [0.1, 0.15) is 12.6 Å². The van der Waals surface area contributed by atoms with E-state index in [1.807, 2.05) is 0 Å². The van der Waals surface area contributed by atoms with E-state index in [0.29, 0.717) is 12.8 Å². The van der Waals surface area contributed by atoms with Gasteiger partial charge in [0.25, 0.3) is 0 Å². The standard InChI is InChI=1S/C38H69NO5/c1-3-5-7-9-11-12-13-14-15-16-17-18-20-22-26-30-35(44-38(43)33-29-25-19-10-8-6-4-2)31-27-23-21-24-28-32-36(40)39-34-37(41)42/h13-14,16-17,35H,3-12,15,18-34H2,1-2H3,(H,39,40)(H,41,42)/b14-13-,17-16-. The lowest BCUT2D eigenvalue weighted by Crippen LogP contribution is -2.28. The van der Waals surface area contributed by atoms with Gasteiger partial charge in [-0.3, -0.25) is 14.4 Å². The Kier molecular flexibility index (Phi) is 32.2. The molecular weight excluding hydrogens is 550 g/mol. The molecule has 0 bridgehead atoms. The summed E-state index contributed by atoms with van der Waals surface area (Å²) in [6.45, 7) is 4.17. The van der Waals surface area contributed by atoms with Crippen LogP contribution >= 0.6 is 0 Å². The lowest BCUT2D eigenvalue weighted by molar-refractivity contribution is -0.150. The van der Waals surface area contributed by atoms with E-state index in [2.05, 4.69) is 43.5 Å². The Hall–Kier alpha value is -2.11. The van der Waals surface area contributed by atoms with Crippen molar-refractivity contribution in [1.29, 1.82) is 0 Å². The van der Waals surface area contributed by atoms with Gasteiger partial charge in [-0.25, -0.2) is 0 Å². The molecule has 0 aromatic rings. The third kappa shape index (κ3) is 32.8. The number of carbonyl (C=O) groups excluding carboxylic acids is 2. The number of allylic oxidation sites excluding steroid dienone is 4. The number of amides is 1. The first-order chi connectivity index (χ1) is 21.5. The Morgan fingerprint density at radius 3 is 1.59 bits per heavy atom. The topological polar surface area (TPSA) is 92.7 Å². The highest BCUT2D eigenvalue weighted by molar-refractivity contribution is 5.80. The SMILES string of the molecule is CCCCCCC/C=C\C/C=C\CCCCCC(CCCCCCCC(=O)NCC(=O)O)OC(=O)CCCCCCCCC. The second kappa shape index (κ2) is 33.8. The second-order valence-corrected chi connectivity index (χ2v) is 12.5. The van der Waals surface area contributed by atoms with Crippen molar-refractivity contribution < 1.29 is 24.2 Å². The van der Waals surface area contributed by atoms with Crippen LogP contribution < -0.4 is 5.32 Å². The van der Waals surface area contributed by atoms with Gasteiger partial charge in [0.15, 0.2) is 0 Å². The van der Waals surface area contributed by atoms with Crippen molar-refractivity contribution >= 4 is 17.8 Å². The molecule has 0 rings (SSSR count). The smallest absolute Gasteiger partial charge is 0.322 e. The normalized spacial score (nSPS) is 12.2. The van der Waals surface area contributed by atoms with Crippen LogP contribution in [0.4, 0.5) is 0 Å². The number of carboxylic acid groups (broad SMARTS) is 1. The largest absolute Gasteiger partial charge is 0.480 e. The lowest BCUT2D eigenvalue weighted by Gasteiger charge is -2.18. The van der Waals surface area contributed by atoms with Gasteiger partial charge in [0.05, 0.1) is 0 Å². The summed E-state index contributed by atoms with van der Waals surface area (Å²) in [5.41, 5.74) is 0. The summed E-state index contributed by atoms with van der Waals surface area (Å²) >= 11 is 0. The first-order valence-corrected chi connectivity index (χ1v) is 18.5. The first-order valence-electron chi connectivity index (χ1n) is 18.5. The van der Waals surface area contributed by atoms with Crippen molar-refractivity contribution in [2.24, 2.45) is 0 Å². The highest BCUT2D eigenvalue weighted by atomic mass is 16.5. The molecule has 0 saturated carbocycles. The van der Waals surface area contributed by atoms with Gasteiger partial charge >= 0.3 is 11.9 Å². The van der Waals surface area contributed by atoms with Crippen molar-refractivity contribution in [1.82, 2.24) is 5.32 Å². The molecule has 1 amide bonds. The van der Waals surface area contributed by atoms with Crippen molar-refractivity contribution in [3.8, 4) is 0 Å². The average molecular weight is 620 g/mol. The quantitative estimate of drug-likeness (QED) is 0.0433. The third-order valence-corrected chi connectivity index (χ3v) is 8.13. The number of carboxylic acids is 1. The Labute approximate surface area is 271 Å². The summed E-state index contributed by atoms with van der Waals surface area (Å²) < 4.78 is 5.96. The molecule has 1 unspecified atom stereocenters. The minimum absolute atomic E-state index is 0.0107. The minimum atomic E-state index is -1.02. The van der Waals surface area contributed by atoms with E-state index in [9.17, 15) is 14.4 Å². The summed E-state index contributed by atoms with van der Waals surface area (Å²) in [6.07, 6.45) is 38.7. The molecule has 2 N–H and O–H groups in total. The van der Waals surface area contributed by atoms with Gasteiger partial charge in [-0.15, -0.1) is 0 Å². The fraction of sp³-hybridized carbons (Fsp3) is 0.816. The minimum Gasteiger partial charge on any atom is -0.480 e. The van der Waals surface area contributed by atoms with Crippen molar-refractivity contribution in [3.05, 3.63) is 24.3 Å². The number of unbranched alkanes of at least 4 members (excludes halogenated alkanes) is 18. The van der Waals surface area contributed by atoms with Gasteiger partial charge in [-0.05, 0) is 70.6 Å². The summed E-state index contributed by atoms with van der Waals surface area (Å²) in [6, 6.07) is 0. The maximum Gasteiger partial charge on any atom is 0.322 e. The van der Waals surface area contributed by atoms with Crippen LogP contribution in [0.3, 0.4) is 0 Å². The molecule has 256 valence electrons. The third-order valence-electron chi connectivity index (χ3n) is 8.13. The molecule has 44 heavy (non-hydrogen) atoms. The molecule has 0 spiro atoms. The molecule has 0 aromatic carbocycles. The summed E-state index contributed by atoms with van der Waals surface area (Å²) in [4.78, 5) is 34.7. The fourth-order valence-electron chi connectivity index (χ4n) is 5.37. The molecular formula is C38H69NO5. The van der Waals surface area contributed by atoms with Crippen LogP contribution in [0.5, 0.6) is 0 Å². The number of rotatable bonds is 33. The van der Waals surface area contributed by atoms with E-state index in [0.717, 1.165) is 83.5 Å². The van der Waals surface area contributed by atoms with E-state index in [1.165, 1.54) is 77.0 Å². The molecule has 0 aliphatic carbocycles. The molecule has 0 saturated heterocycles. The molecule has 6 nitrogen and oxygen atoms in total. The predicted octanol–water partition coefficient (Wildman–Crippen LogP) is 10.8. The summed E-state index contributed by atoms with van der Waals surface area (Å²) in [5.74, 6) is -1.25. The predicted molar refractivity (Wildman–Crippen MR) is 185 cm³/mol. The van der Waals surface area contributed by atoms with Crippen molar-refractivity contribution in [2.75, 3.05) is 6.54 Å². The zero-order valence-electron chi connectivity index (χ0n) is 28.8. The molecule has 0 fully saturated rings. The van der Waals surface area contributed by atoms with Crippen LogP contribution in [0.2, 0.25) is 0 Å². The Morgan fingerprint density at radius 2 is 1.05 bits per heavy atom. The van der Waals surface area contributed by atoms with E-state index in [-0.39, 0.29) is 24.5 Å². The molecule has 0 radical (unpaired) electrons. The molecule has 6 heteroatoms. The van der Waals surface area contributed by atoms with Crippen LogP contribution in [0.25, 0.3) is 0 Å². The number of nitrogens with one attached hydrogen (secondary N) is 1. The van der Waals surface area contributed by atoms with Crippen molar-refractivity contribution in [3.63, 3.8) is 0 Å². The van der Waals surface area contributed by atoms with Crippen molar-refractivity contribution in [2.45, 2.75) is 193 Å². The van der Waals surface area contributed by atoms with Crippen LogP contribution in [-0.4, -0.2) is 35.6 Å². The number of hydrogen-bond donors (Lipinski definition) is 2. The van der Waals surface area contributed by atoms with Gasteiger partial charge in [-0.1, -0.05) is 128 Å². The molecule has 0 aromatic heterocycles. The lowest BCUT2D eigenvalue weighted by atomic mass is 10.0. The number of ether oxygens (including phenoxy) is 1. The zero-order valence-corrected chi connectivity index (χ0v) is 28.8. The Balaban J connectivity index is 4.20. The summed E-state index contributed by atoms with van der Waals surface area (Å²) in [7, 11) is 0. The molecule has 0 heterocycles. The van der Waals surface area contributed by atoms with Crippen LogP contribution in [0.1, 0.15) is 187 Å². The van der Waals surface area contributed by atoms with Crippen LogP contribution in [0.15, 0.2) is 24.3 Å². The molecule has 1 atom stereocenters. The fourth-order valence-corrected chi connectivity index (χ4v) is 5.37. The average Bonchev–Trinajstić information content (AvgIpc) is 3.00. The monoisotopic (exact) mass is 620 g/mol. The molecule has 0 aliphatic heterocycles.